The predicted octanol–water partition coefficient (Wildman–Crippen LogP) is 3.51. The largest absolute Gasteiger partial charge is 0.477 e. The molecule has 8 heteroatoms. The summed E-state index contributed by atoms with van der Waals surface area (Å²) in [7, 11) is -3.30. The molecule has 1 fully saturated rings. The Bertz CT molecular complexity index is 1030. The molecule has 168 valence electrons. The van der Waals surface area contributed by atoms with Gasteiger partial charge in [0.05, 0.1) is 11.9 Å². The first-order valence-corrected chi connectivity index (χ1v) is 13.0. The van der Waals surface area contributed by atoms with Crippen LogP contribution >= 0.6 is 11.3 Å². The molecule has 0 aliphatic carbocycles. The maximum Gasteiger partial charge on any atom is 0.345 e. The molecule has 0 spiro atoms. The van der Waals surface area contributed by atoms with E-state index in [9.17, 15) is 18.3 Å². The number of hydrogen-bond acceptors (Lipinski definition) is 5. The van der Waals surface area contributed by atoms with Gasteiger partial charge in [0.1, 0.15) is 4.88 Å². The molecule has 2 N–H and O–H groups in total. The summed E-state index contributed by atoms with van der Waals surface area (Å²) in [5.74, 6) is -0.831. The van der Waals surface area contributed by atoms with Crippen molar-refractivity contribution in [1.82, 2.24) is 4.31 Å². The van der Waals surface area contributed by atoms with Gasteiger partial charge in [0.25, 0.3) is 0 Å². The number of hydrogen-bond donors (Lipinski definition) is 2. The van der Waals surface area contributed by atoms with Gasteiger partial charge < -0.3 is 10.2 Å². The van der Waals surface area contributed by atoms with Crippen molar-refractivity contribution in [3.05, 3.63) is 69.4 Å². The highest BCUT2D eigenvalue weighted by atomic mass is 32.2. The van der Waals surface area contributed by atoms with E-state index >= 15 is 0 Å². The summed E-state index contributed by atoms with van der Waals surface area (Å²) in [6.07, 6.45) is 6.05. The van der Waals surface area contributed by atoms with Gasteiger partial charge in [-0.25, -0.2) is 13.2 Å². The van der Waals surface area contributed by atoms with E-state index in [-0.39, 0.29) is 11.8 Å². The number of nitrogens with zero attached hydrogens (tertiary/aromatic N) is 1. The molecule has 0 bridgehead atoms. The smallest absolute Gasteiger partial charge is 0.345 e. The maximum atomic E-state index is 12.5. The summed E-state index contributed by atoms with van der Waals surface area (Å²) in [6, 6.07) is 11.2. The molecule has 1 aromatic heterocycles. The van der Waals surface area contributed by atoms with E-state index in [1.807, 2.05) is 18.2 Å². The van der Waals surface area contributed by atoms with Crippen LogP contribution in [0.3, 0.4) is 0 Å². The number of aliphatic hydroxyl groups is 1. The number of aromatic carboxylic acids is 1. The van der Waals surface area contributed by atoms with Gasteiger partial charge in [0.15, 0.2) is 0 Å². The van der Waals surface area contributed by atoms with Crippen LogP contribution in [0.5, 0.6) is 0 Å². The Morgan fingerprint density at radius 3 is 2.77 bits per heavy atom. The van der Waals surface area contributed by atoms with Crippen molar-refractivity contribution in [3.8, 4) is 0 Å². The first-order chi connectivity index (χ1) is 14.8. The minimum absolute atomic E-state index is 0.110. The SMILES string of the molecule is CCc1cccc(CC(O)/C=C/[C@H]2CCS(=O)(=O)N2CCCc2ccc(C(=O)O)s2)c1. The zero-order chi connectivity index (χ0) is 22.4. The van der Waals surface area contributed by atoms with Crippen molar-refractivity contribution < 1.29 is 23.4 Å². The van der Waals surface area contributed by atoms with Gasteiger partial charge >= 0.3 is 5.97 Å². The van der Waals surface area contributed by atoms with Crippen molar-refractivity contribution in [1.29, 1.82) is 0 Å². The van der Waals surface area contributed by atoms with E-state index in [0.29, 0.717) is 37.1 Å². The Morgan fingerprint density at radius 1 is 1.29 bits per heavy atom. The average Bonchev–Trinajstić information content (AvgIpc) is 3.31. The Hall–Kier alpha value is -2.00. The van der Waals surface area contributed by atoms with Crippen LogP contribution in [0.4, 0.5) is 0 Å². The van der Waals surface area contributed by atoms with Crippen LogP contribution in [0.1, 0.15) is 45.4 Å². The zero-order valence-corrected chi connectivity index (χ0v) is 19.2. The zero-order valence-electron chi connectivity index (χ0n) is 17.6. The third-order valence-corrected chi connectivity index (χ3v) is 8.53. The monoisotopic (exact) mass is 463 g/mol. The molecule has 0 amide bonds. The third-order valence-electron chi connectivity index (χ3n) is 5.47. The fourth-order valence-corrected chi connectivity index (χ4v) is 6.47. The molecule has 31 heavy (non-hydrogen) atoms. The first-order valence-electron chi connectivity index (χ1n) is 10.5. The Labute approximate surface area is 187 Å². The number of carboxylic acids is 1. The number of benzene rings is 1. The van der Waals surface area contributed by atoms with Crippen molar-refractivity contribution in [2.24, 2.45) is 0 Å². The van der Waals surface area contributed by atoms with Crippen molar-refractivity contribution in [2.45, 2.75) is 51.2 Å². The van der Waals surface area contributed by atoms with Crippen LogP contribution in [0.15, 0.2) is 48.6 Å². The number of thiophene rings is 1. The number of sulfonamides is 1. The molecule has 2 aromatic rings. The fourth-order valence-electron chi connectivity index (χ4n) is 3.81. The molecule has 1 unspecified atom stereocenters. The summed E-state index contributed by atoms with van der Waals surface area (Å²) in [4.78, 5) is 12.2. The van der Waals surface area contributed by atoms with E-state index in [4.69, 9.17) is 5.11 Å². The summed E-state index contributed by atoms with van der Waals surface area (Å²) in [5, 5.41) is 19.4. The number of aryl methyl sites for hydroxylation is 2. The van der Waals surface area contributed by atoms with E-state index in [1.54, 1.807) is 18.2 Å². The van der Waals surface area contributed by atoms with Gasteiger partial charge in [0.2, 0.25) is 10.0 Å². The van der Waals surface area contributed by atoms with Crippen LogP contribution in [0, 0.1) is 0 Å². The Balaban J connectivity index is 1.56. The molecule has 1 saturated heterocycles. The summed E-state index contributed by atoms with van der Waals surface area (Å²) < 4.78 is 26.5. The second kappa shape index (κ2) is 10.5. The normalized spacial score (nSPS) is 19.7. The molecular weight excluding hydrogens is 434 g/mol. The quantitative estimate of drug-likeness (QED) is 0.526. The molecule has 0 radical (unpaired) electrons. The molecule has 1 aromatic carbocycles. The molecule has 1 aliphatic heterocycles. The lowest BCUT2D eigenvalue weighted by atomic mass is 10.0. The van der Waals surface area contributed by atoms with Crippen LogP contribution in [-0.2, 0) is 29.3 Å². The molecular formula is C23H29NO5S2. The van der Waals surface area contributed by atoms with E-state index in [2.05, 4.69) is 19.1 Å². The lowest BCUT2D eigenvalue weighted by molar-refractivity contribution is 0.0702. The highest BCUT2D eigenvalue weighted by molar-refractivity contribution is 7.89. The molecule has 0 saturated carbocycles. The molecule has 2 heterocycles. The minimum atomic E-state index is -3.30. The predicted molar refractivity (Wildman–Crippen MR) is 123 cm³/mol. The molecule has 1 aliphatic rings. The summed E-state index contributed by atoms with van der Waals surface area (Å²) in [5.41, 5.74) is 2.28. The van der Waals surface area contributed by atoms with Crippen LogP contribution in [0.2, 0.25) is 0 Å². The maximum absolute atomic E-state index is 12.5. The lowest BCUT2D eigenvalue weighted by Gasteiger charge is -2.20. The van der Waals surface area contributed by atoms with Gasteiger partial charge in [-0.1, -0.05) is 43.3 Å². The van der Waals surface area contributed by atoms with Gasteiger partial charge in [-0.15, -0.1) is 11.3 Å². The van der Waals surface area contributed by atoms with Gasteiger partial charge in [-0.2, -0.15) is 4.31 Å². The van der Waals surface area contributed by atoms with Crippen molar-refractivity contribution in [2.75, 3.05) is 12.3 Å². The Morgan fingerprint density at radius 2 is 2.06 bits per heavy atom. The van der Waals surface area contributed by atoms with E-state index < -0.39 is 22.1 Å². The molecule has 2 atom stereocenters. The number of carbonyl (C=O) groups is 1. The number of carboxylic acid groups (broad SMARTS) is 1. The third kappa shape index (κ3) is 6.49. The fraction of sp³-hybridized carbons (Fsp3) is 0.435. The highest BCUT2D eigenvalue weighted by Gasteiger charge is 2.35. The Kier molecular flexibility index (Phi) is 8.05. The summed E-state index contributed by atoms with van der Waals surface area (Å²) in [6.45, 7) is 2.47. The molecule has 3 rings (SSSR count). The van der Waals surface area contributed by atoms with Crippen molar-refractivity contribution in [3.63, 3.8) is 0 Å². The van der Waals surface area contributed by atoms with Gasteiger partial charge in [-0.3, -0.25) is 0 Å². The van der Waals surface area contributed by atoms with Crippen molar-refractivity contribution >= 4 is 27.3 Å². The number of aliphatic hydroxyl groups excluding tert-OH is 1. The highest BCUT2D eigenvalue weighted by Crippen LogP contribution is 2.24. The topological polar surface area (TPSA) is 94.9 Å². The number of rotatable bonds is 10. The second-order valence-corrected chi connectivity index (χ2v) is 11.0. The summed E-state index contributed by atoms with van der Waals surface area (Å²) >= 11 is 1.23. The lowest BCUT2D eigenvalue weighted by Crippen LogP contribution is -2.33. The van der Waals surface area contributed by atoms with E-state index in [0.717, 1.165) is 16.9 Å². The van der Waals surface area contributed by atoms with Crippen LogP contribution in [0.25, 0.3) is 0 Å². The average molecular weight is 464 g/mol. The van der Waals surface area contributed by atoms with Gasteiger partial charge in [0, 0.05) is 23.9 Å². The van der Waals surface area contributed by atoms with Crippen LogP contribution in [-0.4, -0.2) is 53.3 Å². The standard InChI is InChI=1S/C23H29NO5S2/c1-2-17-5-3-6-18(15-17)16-20(25)9-8-19-12-14-31(28,29)24(19)13-4-7-21-10-11-22(30-21)23(26)27/h3,5-6,8-11,15,19-20,25H,2,4,7,12-14,16H2,1H3,(H,26,27)/b9-8+/t19-,20?/m0/s1. The second-order valence-electron chi connectivity index (χ2n) is 7.79. The minimum Gasteiger partial charge on any atom is -0.477 e. The van der Waals surface area contributed by atoms with E-state index in [1.165, 1.54) is 21.2 Å². The molecule has 6 nitrogen and oxygen atoms in total. The first kappa shape index (κ1) is 23.7. The van der Waals surface area contributed by atoms with Crippen LogP contribution < -0.4 is 0 Å². The van der Waals surface area contributed by atoms with Gasteiger partial charge in [-0.05, 0) is 48.9 Å².